The molecule has 0 spiro atoms. The lowest BCUT2D eigenvalue weighted by molar-refractivity contribution is 0.0697. The van der Waals surface area contributed by atoms with Gasteiger partial charge in [0.05, 0.1) is 5.56 Å². The predicted molar refractivity (Wildman–Crippen MR) is 78.4 cm³/mol. The predicted octanol–water partition coefficient (Wildman–Crippen LogP) is 3.87. The van der Waals surface area contributed by atoms with Crippen LogP contribution in [0.15, 0.2) is 42.5 Å². The van der Waals surface area contributed by atoms with E-state index in [1.165, 1.54) is 0 Å². The van der Waals surface area contributed by atoms with Crippen LogP contribution in [0.5, 0.6) is 0 Å². The van der Waals surface area contributed by atoms with Crippen LogP contribution in [-0.4, -0.2) is 16.8 Å². The lowest BCUT2D eigenvalue weighted by atomic mass is 10.0. The molecule has 3 heteroatoms. The van der Waals surface area contributed by atoms with Crippen LogP contribution in [0.4, 0.5) is 0 Å². The number of hydrogen-bond acceptors (Lipinski definition) is 2. The molecule has 0 saturated heterocycles. The molecule has 2 aromatic carbocycles. The van der Waals surface area contributed by atoms with E-state index in [0.717, 1.165) is 28.5 Å². The molecule has 0 saturated carbocycles. The molecule has 0 fully saturated rings. The standard InChI is InChI=1S/C15H14O2S/c16-15(17)14-7-6-12-9-11(3-1-2-8-18)4-5-13(12)10-14/h1,3-7,9-10,18H,2,8H2,(H,16,17). The fraction of sp³-hybridized carbons (Fsp3) is 0.133. The molecule has 0 heterocycles. The van der Waals surface area contributed by atoms with Gasteiger partial charge in [0.2, 0.25) is 0 Å². The molecule has 0 aliphatic carbocycles. The molecule has 0 unspecified atom stereocenters. The summed E-state index contributed by atoms with van der Waals surface area (Å²) in [7, 11) is 0. The summed E-state index contributed by atoms with van der Waals surface area (Å²) in [5.74, 6) is -0.0545. The summed E-state index contributed by atoms with van der Waals surface area (Å²) in [6.07, 6.45) is 5.08. The summed E-state index contributed by atoms with van der Waals surface area (Å²) in [6.45, 7) is 0. The zero-order valence-corrected chi connectivity index (χ0v) is 10.7. The number of aromatic carboxylic acids is 1. The number of hydrogen-bond donors (Lipinski definition) is 2. The van der Waals surface area contributed by atoms with Crippen molar-refractivity contribution in [2.45, 2.75) is 6.42 Å². The van der Waals surface area contributed by atoms with Gasteiger partial charge >= 0.3 is 5.97 Å². The van der Waals surface area contributed by atoms with Gasteiger partial charge in [-0.25, -0.2) is 4.79 Å². The summed E-state index contributed by atoms with van der Waals surface area (Å²) >= 11 is 4.15. The highest BCUT2D eigenvalue weighted by atomic mass is 32.1. The molecular formula is C15H14O2S. The highest BCUT2D eigenvalue weighted by molar-refractivity contribution is 7.80. The number of benzene rings is 2. The van der Waals surface area contributed by atoms with E-state index in [0.29, 0.717) is 5.56 Å². The smallest absolute Gasteiger partial charge is 0.335 e. The molecule has 0 aromatic heterocycles. The Balaban J connectivity index is 2.35. The second kappa shape index (κ2) is 5.74. The Hall–Kier alpha value is -1.74. The Bertz CT molecular complexity index is 602. The summed E-state index contributed by atoms with van der Waals surface area (Å²) in [6, 6.07) is 11.2. The molecular weight excluding hydrogens is 244 g/mol. The minimum Gasteiger partial charge on any atom is -0.478 e. The first-order chi connectivity index (χ1) is 8.70. The van der Waals surface area contributed by atoms with Crippen molar-refractivity contribution < 1.29 is 9.90 Å². The van der Waals surface area contributed by atoms with Crippen LogP contribution in [0.25, 0.3) is 16.8 Å². The van der Waals surface area contributed by atoms with E-state index in [9.17, 15) is 4.79 Å². The summed E-state index contributed by atoms with van der Waals surface area (Å²) in [5.41, 5.74) is 1.44. The van der Waals surface area contributed by atoms with Crippen LogP contribution in [0.1, 0.15) is 22.3 Å². The molecule has 2 aromatic rings. The van der Waals surface area contributed by atoms with Crippen LogP contribution < -0.4 is 0 Å². The third-order valence-corrected chi connectivity index (χ3v) is 2.98. The molecule has 0 aliphatic heterocycles. The van der Waals surface area contributed by atoms with E-state index in [2.05, 4.69) is 30.8 Å². The topological polar surface area (TPSA) is 37.3 Å². The van der Waals surface area contributed by atoms with Crippen molar-refractivity contribution in [3.05, 3.63) is 53.6 Å². The quantitative estimate of drug-likeness (QED) is 0.817. The largest absolute Gasteiger partial charge is 0.478 e. The number of fused-ring (bicyclic) bond motifs is 1. The number of thiol groups is 1. The summed E-state index contributed by atoms with van der Waals surface area (Å²) in [4.78, 5) is 10.9. The van der Waals surface area contributed by atoms with Crippen LogP contribution in [0.3, 0.4) is 0 Å². The normalized spacial score (nSPS) is 11.2. The Morgan fingerprint density at radius 1 is 1.17 bits per heavy atom. The Morgan fingerprint density at radius 2 is 1.89 bits per heavy atom. The fourth-order valence-corrected chi connectivity index (χ4v) is 1.94. The van der Waals surface area contributed by atoms with Crippen molar-refractivity contribution >= 4 is 35.4 Å². The first-order valence-electron chi connectivity index (χ1n) is 5.75. The van der Waals surface area contributed by atoms with Gasteiger partial charge in [-0.15, -0.1) is 0 Å². The Labute approximate surface area is 111 Å². The SMILES string of the molecule is O=C(O)c1ccc2cc(C=CCCS)ccc2c1. The Morgan fingerprint density at radius 3 is 2.61 bits per heavy atom. The van der Waals surface area contributed by atoms with E-state index >= 15 is 0 Å². The zero-order valence-electron chi connectivity index (χ0n) is 9.84. The van der Waals surface area contributed by atoms with Crippen molar-refractivity contribution in [1.82, 2.24) is 0 Å². The highest BCUT2D eigenvalue weighted by Crippen LogP contribution is 2.19. The molecule has 92 valence electrons. The average molecular weight is 258 g/mol. The Kier molecular flexibility index (Phi) is 4.05. The average Bonchev–Trinajstić information content (AvgIpc) is 2.38. The van der Waals surface area contributed by atoms with Gasteiger partial charge in [-0.3, -0.25) is 0 Å². The first kappa shape index (κ1) is 12.7. The molecule has 0 aliphatic rings. The first-order valence-corrected chi connectivity index (χ1v) is 6.38. The van der Waals surface area contributed by atoms with E-state index < -0.39 is 5.97 Å². The number of allylic oxidation sites excluding steroid dienone is 1. The molecule has 18 heavy (non-hydrogen) atoms. The zero-order chi connectivity index (χ0) is 13.0. The monoisotopic (exact) mass is 258 g/mol. The van der Waals surface area contributed by atoms with E-state index in [-0.39, 0.29) is 0 Å². The maximum absolute atomic E-state index is 10.9. The van der Waals surface area contributed by atoms with Crippen molar-refractivity contribution in [3.8, 4) is 0 Å². The lowest BCUT2D eigenvalue weighted by Gasteiger charge is -2.01. The number of rotatable bonds is 4. The van der Waals surface area contributed by atoms with Crippen LogP contribution >= 0.6 is 12.6 Å². The van der Waals surface area contributed by atoms with Gasteiger partial charge in [-0.05, 0) is 46.7 Å². The summed E-state index contributed by atoms with van der Waals surface area (Å²) < 4.78 is 0. The van der Waals surface area contributed by atoms with Crippen LogP contribution in [0.2, 0.25) is 0 Å². The summed E-state index contributed by atoms with van der Waals surface area (Å²) in [5, 5.41) is 10.9. The van der Waals surface area contributed by atoms with E-state index in [4.69, 9.17) is 5.11 Å². The molecule has 0 radical (unpaired) electrons. The highest BCUT2D eigenvalue weighted by Gasteiger charge is 2.03. The van der Waals surface area contributed by atoms with Gasteiger partial charge in [-0.2, -0.15) is 12.6 Å². The second-order valence-corrected chi connectivity index (χ2v) is 4.49. The molecule has 2 nitrogen and oxygen atoms in total. The van der Waals surface area contributed by atoms with Crippen LogP contribution in [0, 0.1) is 0 Å². The van der Waals surface area contributed by atoms with Crippen molar-refractivity contribution in [1.29, 1.82) is 0 Å². The molecule has 0 atom stereocenters. The van der Waals surface area contributed by atoms with Crippen molar-refractivity contribution in [2.24, 2.45) is 0 Å². The lowest BCUT2D eigenvalue weighted by Crippen LogP contribution is -1.95. The van der Waals surface area contributed by atoms with E-state index in [1.54, 1.807) is 12.1 Å². The van der Waals surface area contributed by atoms with Gasteiger partial charge in [0, 0.05) is 0 Å². The number of carbonyl (C=O) groups is 1. The number of carboxylic acid groups (broad SMARTS) is 1. The van der Waals surface area contributed by atoms with Gasteiger partial charge in [-0.1, -0.05) is 30.4 Å². The molecule has 2 rings (SSSR count). The molecule has 1 N–H and O–H groups in total. The van der Waals surface area contributed by atoms with Gasteiger partial charge in [0.15, 0.2) is 0 Å². The van der Waals surface area contributed by atoms with Gasteiger partial charge in [0.1, 0.15) is 0 Å². The van der Waals surface area contributed by atoms with E-state index in [1.807, 2.05) is 18.2 Å². The second-order valence-electron chi connectivity index (χ2n) is 4.04. The van der Waals surface area contributed by atoms with Gasteiger partial charge in [0.25, 0.3) is 0 Å². The maximum Gasteiger partial charge on any atom is 0.335 e. The third kappa shape index (κ3) is 2.93. The van der Waals surface area contributed by atoms with Gasteiger partial charge < -0.3 is 5.11 Å². The molecule has 0 bridgehead atoms. The van der Waals surface area contributed by atoms with Crippen LogP contribution in [-0.2, 0) is 0 Å². The van der Waals surface area contributed by atoms with Crippen molar-refractivity contribution in [3.63, 3.8) is 0 Å². The minimum atomic E-state index is -0.894. The minimum absolute atomic E-state index is 0.320. The maximum atomic E-state index is 10.9. The number of carboxylic acids is 1. The third-order valence-electron chi connectivity index (χ3n) is 2.72. The molecule has 0 amide bonds. The van der Waals surface area contributed by atoms with Crippen molar-refractivity contribution in [2.75, 3.05) is 5.75 Å². The fourth-order valence-electron chi connectivity index (χ4n) is 1.79.